The van der Waals surface area contributed by atoms with Crippen LogP contribution in [0.3, 0.4) is 0 Å². The Morgan fingerprint density at radius 1 is 0.419 bits per heavy atom. The Labute approximate surface area is 339 Å². The molecular weight excluding hydrogens is 874 g/mol. The maximum atomic E-state index is 14.2. The van der Waals surface area contributed by atoms with Gasteiger partial charge in [0.1, 0.15) is 0 Å². The summed E-state index contributed by atoms with van der Waals surface area (Å²) in [4.78, 5) is 53.3. The molecule has 5 N–H and O–H groups in total. The van der Waals surface area contributed by atoms with Crippen molar-refractivity contribution < 1.29 is 103 Å². The van der Waals surface area contributed by atoms with Gasteiger partial charge >= 0.3 is 48.6 Å². The number of carbonyl (C=O) groups is 4. The second-order valence-electron chi connectivity index (χ2n) is 13.1. The lowest BCUT2D eigenvalue weighted by atomic mass is 9.71. The Morgan fingerprint density at radius 3 is 0.823 bits per heavy atom. The van der Waals surface area contributed by atoms with Crippen molar-refractivity contribution in [1.29, 1.82) is 0 Å². The first-order chi connectivity index (χ1) is 28.0. The minimum absolute atomic E-state index is 0.0996. The molecule has 0 bridgehead atoms. The van der Waals surface area contributed by atoms with Crippen LogP contribution in [0.2, 0.25) is 0 Å². The standard InChI is InChI=1S/C19H10F6O8.C19H18F6.HNO3/c20-18(21,22)17(19(23,24)25,7-1-3-9(13(26)27)11(5-7)15(30)31)8-2-4-10(14(28)29)12(6-8)16(32)33;1-11-5-7-15(9-13(11)3)17(18(20,21)22,19(23,24)25)16-8-6-12(2)14(4)10-16;2-1(3)4/h1-6H,(H,26,27)(H,28,29)(H,30,31)(H,32,33);5-10H,1-4H3;(H,2,3,4). The van der Waals surface area contributed by atoms with Gasteiger partial charge in [-0.1, -0.05) is 48.5 Å². The van der Waals surface area contributed by atoms with Crippen molar-refractivity contribution in [2.45, 2.75) is 63.2 Å². The van der Waals surface area contributed by atoms with Crippen LogP contribution in [0.25, 0.3) is 0 Å². The molecule has 0 heterocycles. The van der Waals surface area contributed by atoms with E-state index in [-0.39, 0.29) is 36.4 Å². The van der Waals surface area contributed by atoms with Crippen LogP contribution in [0.15, 0.2) is 72.8 Å². The molecule has 12 nitrogen and oxygen atoms in total. The van der Waals surface area contributed by atoms with Crippen molar-refractivity contribution >= 4 is 23.9 Å². The number of carboxylic acids is 4. The third-order valence-electron chi connectivity index (χ3n) is 9.41. The Kier molecular flexibility index (Phi) is 14.9. The van der Waals surface area contributed by atoms with Gasteiger partial charge in [-0.15, -0.1) is 10.1 Å². The number of halogens is 12. The zero-order valence-electron chi connectivity index (χ0n) is 31.6. The van der Waals surface area contributed by atoms with Crippen LogP contribution in [0, 0.1) is 37.8 Å². The SMILES string of the molecule is Cc1ccc(C(c2ccc(C)c(C)c2)(C(F)(F)F)C(F)(F)F)cc1C.O=C(O)c1ccc(C(c2ccc(C(=O)O)c(C(=O)O)c2)(C(F)(F)F)C(F)(F)F)cc1C(=O)O.O=[N+]([O-])O. The van der Waals surface area contributed by atoms with Crippen LogP contribution in [-0.4, -0.2) is 79.3 Å². The molecule has 62 heavy (non-hydrogen) atoms. The number of hydrogen-bond donors (Lipinski definition) is 5. The molecule has 4 aromatic rings. The lowest BCUT2D eigenvalue weighted by Crippen LogP contribution is -2.55. The quantitative estimate of drug-likeness (QED) is 0.0638. The fraction of sp³-hybridized carbons (Fsp3) is 0.263. The van der Waals surface area contributed by atoms with E-state index >= 15 is 0 Å². The summed E-state index contributed by atoms with van der Waals surface area (Å²) in [6.45, 7) is 6.27. The molecule has 0 radical (unpaired) electrons. The van der Waals surface area contributed by atoms with Gasteiger partial charge in [-0.05, 0) is 96.5 Å². The van der Waals surface area contributed by atoms with Gasteiger partial charge in [0.05, 0.1) is 22.3 Å². The highest BCUT2D eigenvalue weighted by atomic mass is 19.4. The van der Waals surface area contributed by atoms with Gasteiger partial charge in [0.15, 0.2) is 0 Å². The number of rotatable bonds is 8. The number of nitrogens with zero attached hydrogens (tertiary/aromatic N) is 1. The minimum atomic E-state index is -6.27. The summed E-state index contributed by atoms with van der Waals surface area (Å²) < 4.78 is 169. The van der Waals surface area contributed by atoms with Gasteiger partial charge in [-0.2, -0.15) is 52.7 Å². The Bertz CT molecular complexity index is 2220. The molecule has 0 atom stereocenters. The lowest BCUT2D eigenvalue weighted by Gasteiger charge is -2.38. The van der Waals surface area contributed by atoms with Crippen molar-refractivity contribution in [1.82, 2.24) is 0 Å². The largest absolute Gasteiger partial charge is 0.478 e. The average molecular weight is 904 g/mol. The monoisotopic (exact) mass is 903 g/mol. The van der Waals surface area contributed by atoms with Crippen molar-refractivity contribution in [3.8, 4) is 0 Å². The Balaban J connectivity index is 0.000000405. The molecule has 4 rings (SSSR count). The van der Waals surface area contributed by atoms with E-state index in [1.807, 2.05) is 0 Å². The summed E-state index contributed by atoms with van der Waals surface area (Å²) in [6.07, 6.45) is -23.6. The van der Waals surface area contributed by atoms with Gasteiger partial charge in [0.25, 0.3) is 5.09 Å². The lowest BCUT2D eigenvalue weighted by molar-refractivity contribution is -0.742. The molecule has 0 aromatic heterocycles. The maximum absolute atomic E-state index is 14.2. The molecule has 0 spiro atoms. The first kappa shape index (κ1) is 51.3. The minimum Gasteiger partial charge on any atom is -0.478 e. The van der Waals surface area contributed by atoms with Crippen LogP contribution in [0.1, 0.15) is 85.9 Å². The van der Waals surface area contributed by atoms with E-state index in [1.165, 1.54) is 26.0 Å². The summed E-state index contributed by atoms with van der Waals surface area (Å²) in [7, 11) is 0. The van der Waals surface area contributed by atoms with E-state index in [0.29, 0.717) is 22.3 Å². The second kappa shape index (κ2) is 18.0. The molecule has 0 amide bonds. The zero-order valence-corrected chi connectivity index (χ0v) is 31.6. The molecule has 24 heteroatoms. The molecule has 0 aliphatic heterocycles. The Hall–Kier alpha value is -6.88. The van der Waals surface area contributed by atoms with E-state index in [9.17, 15) is 71.9 Å². The summed E-state index contributed by atoms with van der Waals surface area (Å²) in [6, 6.07) is 6.78. The van der Waals surface area contributed by atoms with Gasteiger partial charge in [0.2, 0.25) is 10.8 Å². The molecule has 0 aliphatic carbocycles. The third-order valence-corrected chi connectivity index (χ3v) is 9.41. The van der Waals surface area contributed by atoms with E-state index in [0.717, 1.165) is 24.3 Å². The normalized spacial score (nSPS) is 12.3. The maximum Gasteiger partial charge on any atom is 0.411 e. The summed E-state index contributed by atoms with van der Waals surface area (Å²) >= 11 is 0. The molecular formula is C38H29F12NO11. The number of carboxylic acid groups (broad SMARTS) is 4. The van der Waals surface area contributed by atoms with Crippen molar-refractivity contribution in [3.63, 3.8) is 0 Å². The van der Waals surface area contributed by atoms with Crippen LogP contribution in [0.5, 0.6) is 0 Å². The van der Waals surface area contributed by atoms with Gasteiger partial charge in [-0.25, -0.2) is 19.2 Å². The molecule has 0 saturated heterocycles. The number of aryl methyl sites for hydroxylation is 4. The predicted octanol–water partition coefficient (Wildman–Crippen LogP) is 9.87. The molecule has 0 aliphatic rings. The van der Waals surface area contributed by atoms with E-state index in [2.05, 4.69) is 0 Å². The van der Waals surface area contributed by atoms with E-state index in [4.69, 9.17) is 35.7 Å². The van der Waals surface area contributed by atoms with E-state index < -0.39 is 109 Å². The molecule has 336 valence electrons. The Morgan fingerprint density at radius 2 is 0.629 bits per heavy atom. The topological polar surface area (TPSA) is 213 Å². The van der Waals surface area contributed by atoms with Gasteiger partial charge in [-0.3, -0.25) is 0 Å². The zero-order chi connectivity index (χ0) is 48.3. The fourth-order valence-corrected chi connectivity index (χ4v) is 6.20. The summed E-state index contributed by atoms with van der Waals surface area (Å²) in [5, 5.41) is 49.9. The molecule has 0 unspecified atom stereocenters. The molecule has 0 saturated carbocycles. The van der Waals surface area contributed by atoms with Crippen LogP contribution < -0.4 is 0 Å². The van der Waals surface area contributed by atoms with Crippen LogP contribution in [-0.2, 0) is 10.8 Å². The smallest absolute Gasteiger partial charge is 0.411 e. The second-order valence-corrected chi connectivity index (χ2v) is 13.1. The van der Waals surface area contributed by atoms with Crippen molar-refractivity contribution in [3.05, 3.63) is 150 Å². The highest BCUT2D eigenvalue weighted by Crippen LogP contribution is 2.58. The first-order valence-corrected chi connectivity index (χ1v) is 16.5. The predicted molar refractivity (Wildman–Crippen MR) is 187 cm³/mol. The summed E-state index contributed by atoms with van der Waals surface area (Å²) in [5.41, 5.74) is -17.3. The van der Waals surface area contributed by atoms with Crippen molar-refractivity contribution in [2.24, 2.45) is 0 Å². The number of benzene rings is 4. The number of hydrogen-bond acceptors (Lipinski definition) is 6. The highest BCUT2D eigenvalue weighted by Gasteiger charge is 2.74. The van der Waals surface area contributed by atoms with Gasteiger partial charge < -0.3 is 25.6 Å². The number of alkyl halides is 12. The molecule has 0 fully saturated rings. The van der Waals surface area contributed by atoms with E-state index in [1.54, 1.807) is 13.8 Å². The van der Waals surface area contributed by atoms with Crippen LogP contribution in [0.4, 0.5) is 52.7 Å². The summed E-state index contributed by atoms with van der Waals surface area (Å²) in [5.74, 6) is -8.16. The highest BCUT2D eigenvalue weighted by molar-refractivity contribution is 6.03. The van der Waals surface area contributed by atoms with Crippen LogP contribution >= 0.6 is 0 Å². The van der Waals surface area contributed by atoms with Crippen molar-refractivity contribution in [2.75, 3.05) is 0 Å². The van der Waals surface area contributed by atoms with Gasteiger partial charge in [0, 0.05) is 0 Å². The average Bonchev–Trinajstić information content (AvgIpc) is 3.09. The third kappa shape index (κ3) is 9.84. The fourth-order valence-electron chi connectivity index (χ4n) is 6.20. The number of aromatic carboxylic acids is 4. The molecule has 4 aromatic carbocycles. The first-order valence-electron chi connectivity index (χ1n) is 16.5.